The number of rotatable bonds is 4. The molecule has 6 atom stereocenters. The molecule has 0 radical (unpaired) electrons. The van der Waals surface area contributed by atoms with Gasteiger partial charge in [0.2, 0.25) is 5.91 Å². The van der Waals surface area contributed by atoms with Gasteiger partial charge in [-0.15, -0.1) is 6.58 Å². The highest BCUT2D eigenvalue weighted by atomic mass is 16.9. The van der Waals surface area contributed by atoms with Crippen LogP contribution in [0.15, 0.2) is 36.9 Å². The van der Waals surface area contributed by atoms with Gasteiger partial charge in [0.15, 0.2) is 6.29 Å². The zero-order valence-electron chi connectivity index (χ0n) is 15.0. The van der Waals surface area contributed by atoms with Gasteiger partial charge in [0.1, 0.15) is 24.4 Å². The maximum atomic E-state index is 11.6. The van der Waals surface area contributed by atoms with Gasteiger partial charge in [0, 0.05) is 12.5 Å². The number of aliphatic hydroxyl groups is 1. The molecule has 146 valence electrons. The molecule has 3 aliphatic rings. The summed E-state index contributed by atoms with van der Waals surface area (Å²) in [5.41, 5.74) is 1.74. The zero-order valence-corrected chi connectivity index (χ0v) is 15.0. The minimum atomic E-state index is -1.38. The van der Waals surface area contributed by atoms with Gasteiger partial charge in [-0.25, -0.2) is 0 Å². The van der Waals surface area contributed by atoms with E-state index in [1.54, 1.807) is 6.08 Å². The van der Waals surface area contributed by atoms with Crippen LogP contribution < -0.4 is 5.32 Å². The first-order chi connectivity index (χ1) is 13.0. The normalized spacial score (nSPS) is 37.5. The van der Waals surface area contributed by atoms with Gasteiger partial charge in [-0.1, -0.05) is 30.3 Å². The Kier molecular flexibility index (Phi) is 5.02. The van der Waals surface area contributed by atoms with Crippen LogP contribution in [0.1, 0.15) is 18.1 Å². The van der Waals surface area contributed by atoms with E-state index in [1.807, 2.05) is 24.3 Å². The van der Waals surface area contributed by atoms with Gasteiger partial charge in [-0.05, 0) is 5.56 Å². The second-order valence-electron chi connectivity index (χ2n) is 6.78. The van der Waals surface area contributed by atoms with Crippen molar-refractivity contribution in [3.05, 3.63) is 48.0 Å². The number of fused-ring (bicyclic) bond motifs is 3. The highest BCUT2D eigenvalue weighted by molar-refractivity contribution is 5.73. The van der Waals surface area contributed by atoms with Gasteiger partial charge >= 0.3 is 5.97 Å². The summed E-state index contributed by atoms with van der Waals surface area (Å²) >= 11 is 0. The Hall–Kier alpha value is -1.81. The largest absolute Gasteiger partial charge is 0.388 e. The first kappa shape index (κ1) is 18.5. The Bertz CT molecular complexity index is 726. The Morgan fingerprint density at radius 2 is 2.26 bits per heavy atom. The third-order valence-electron chi connectivity index (χ3n) is 4.92. The first-order valence-corrected chi connectivity index (χ1v) is 8.91. The number of hydrogen-bond acceptors (Lipinski definition) is 7. The molecule has 0 unspecified atom stereocenters. The average molecular weight is 377 g/mol. The Balaban J connectivity index is 1.58. The lowest BCUT2D eigenvalue weighted by molar-refractivity contribution is -0.461. The number of aliphatic hydroxyl groups excluding tert-OH is 1. The standard InChI is InChI=1S/C19H23NO7/c1-3-8-23-18-15(20-11(2)21)16(22)17-14(26-18)10-25-19(27-17)13-7-5-4-6-12(13)9-24-19/h3-7,14-18,22H,1,8-10H2,2H3,(H,20,21)/t14-,15-,16-,17-,18+,19+/m1/s1. The number of ether oxygens (including phenoxy) is 5. The summed E-state index contributed by atoms with van der Waals surface area (Å²) in [6, 6.07) is 6.81. The maximum absolute atomic E-state index is 11.6. The van der Waals surface area contributed by atoms with Crippen LogP contribution in [0.5, 0.6) is 0 Å². The van der Waals surface area contributed by atoms with Crippen LogP contribution in [0.3, 0.4) is 0 Å². The lowest BCUT2D eigenvalue weighted by atomic mass is 9.95. The van der Waals surface area contributed by atoms with Crippen molar-refractivity contribution in [2.75, 3.05) is 13.2 Å². The van der Waals surface area contributed by atoms with E-state index >= 15 is 0 Å². The minimum Gasteiger partial charge on any atom is -0.388 e. The van der Waals surface area contributed by atoms with Gasteiger partial charge in [-0.3, -0.25) is 4.79 Å². The Labute approximate surface area is 157 Å². The van der Waals surface area contributed by atoms with Crippen molar-refractivity contribution < 1.29 is 33.6 Å². The molecule has 8 nitrogen and oxygen atoms in total. The van der Waals surface area contributed by atoms with E-state index in [9.17, 15) is 9.90 Å². The van der Waals surface area contributed by atoms with Crippen molar-refractivity contribution in [1.82, 2.24) is 5.32 Å². The number of carbonyl (C=O) groups excluding carboxylic acids is 1. The second-order valence-corrected chi connectivity index (χ2v) is 6.78. The van der Waals surface area contributed by atoms with Crippen LogP contribution in [-0.4, -0.2) is 54.9 Å². The molecule has 1 aromatic rings. The van der Waals surface area contributed by atoms with E-state index in [2.05, 4.69) is 11.9 Å². The molecule has 2 fully saturated rings. The van der Waals surface area contributed by atoms with Crippen LogP contribution in [0.4, 0.5) is 0 Å². The molecule has 0 saturated carbocycles. The second kappa shape index (κ2) is 7.31. The molecule has 3 heterocycles. The molecule has 1 amide bonds. The highest BCUT2D eigenvalue weighted by Gasteiger charge is 2.56. The van der Waals surface area contributed by atoms with Crippen molar-refractivity contribution >= 4 is 5.91 Å². The molecule has 2 N–H and O–H groups in total. The molecule has 2 saturated heterocycles. The monoisotopic (exact) mass is 377 g/mol. The fraction of sp³-hybridized carbons (Fsp3) is 0.526. The van der Waals surface area contributed by atoms with Crippen LogP contribution in [-0.2, 0) is 41.1 Å². The van der Waals surface area contributed by atoms with Crippen LogP contribution in [0.25, 0.3) is 0 Å². The van der Waals surface area contributed by atoms with E-state index in [0.29, 0.717) is 6.61 Å². The third kappa shape index (κ3) is 3.29. The molecule has 27 heavy (non-hydrogen) atoms. The summed E-state index contributed by atoms with van der Waals surface area (Å²) in [6.07, 6.45) is -1.67. The average Bonchev–Trinajstić information content (AvgIpc) is 3.01. The quantitative estimate of drug-likeness (QED) is 0.739. The van der Waals surface area contributed by atoms with Gasteiger partial charge in [0.25, 0.3) is 0 Å². The number of nitrogens with one attached hydrogen (secondary N) is 1. The lowest BCUT2D eigenvalue weighted by Crippen LogP contribution is -2.68. The molecule has 0 bridgehead atoms. The molecule has 1 aromatic carbocycles. The first-order valence-electron chi connectivity index (χ1n) is 8.91. The van der Waals surface area contributed by atoms with E-state index < -0.39 is 36.6 Å². The predicted octanol–water partition coefficient (Wildman–Crippen LogP) is 0.536. The SMILES string of the molecule is C=CCO[C@H]1O[C@@H]2CO[C@]3(OCc4ccccc43)O[C@H]2[C@H](O)[C@H]1NC(C)=O. The number of carbonyl (C=O) groups is 1. The van der Waals surface area contributed by atoms with Crippen LogP contribution in [0.2, 0.25) is 0 Å². The molecule has 8 heteroatoms. The molecule has 3 aliphatic heterocycles. The fourth-order valence-electron chi connectivity index (χ4n) is 3.71. The summed E-state index contributed by atoms with van der Waals surface area (Å²) in [5.74, 6) is -1.69. The molecule has 4 rings (SSSR count). The Morgan fingerprint density at radius 1 is 1.44 bits per heavy atom. The van der Waals surface area contributed by atoms with Crippen LogP contribution in [0, 0.1) is 0 Å². The Morgan fingerprint density at radius 3 is 3.04 bits per heavy atom. The van der Waals surface area contributed by atoms with E-state index in [0.717, 1.165) is 11.1 Å². The number of hydrogen-bond donors (Lipinski definition) is 2. The van der Waals surface area contributed by atoms with Crippen molar-refractivity contribution in [2.24, 2.45) is 0 Å². The summed E-state index contributed by atoms with van der Waals surface area (Å²) < 4.78 is 29.3. The molecular weight excluding hydrogens is 354 g/mol. The fourth-order valence-corrected chi connectivity index (χ4v) is 3.71. The molecule has 0 aliphatic carbocycles. The number of amides is 1. The van der Waals surface area contributed by atoms with Gasteiger partial charge < -0.3 is 34.1 Å². The zero-order chi connectivity index (χ0) is 19.0. The van der Waals surface area contributed by atoms with Crippen molar-refractivity contribution in [3.8, 4) is 0 Å². The summed E-state index contributed by atoms with van der Waals surface area (Å²) in [5, 5.41) is 13.6. The van der Waals surface area contributed by atoms with E-state index in [1.165, 1.54) is 6.92 Å². The lowest BCUT2D eigenvalue weighted by Gasteiger charge is -2.49. The highest BCUT2D eigenvalue weighted by Crippen LogP contribution is 2.44. The maximum Gasteiger partial charge on any atom is 0.313 e. The molecule has 0 aromatic heterocycles. The van der Waals surface area contributed by atoms with E-state index in [4.69, 9.17) is 23.7 Å². The predicted molar refractivity (Wildman–Crippen MR) is 92.2 cm³/mol. The topological polar surface area (TPSA) is 95.5 Å². The minimum absolute atomic E-state index is 0.150. The van der Waals surface area contributed by atoms with Crippen molar-refractivity contribution in [1.29, 1.82) is 0 Å². The summed E-state index contributed by atoms with van der Waals surface area (Å²) in [7, 11) is 0. The summed E-state index contributed by atoms with van der Waals surface area (Å²) in [4.78, 5) is 11.6. The molecular formula is C19H23NO7. The van der Waals surface area contributed by atoms with Gasteiger partial charge in [-0.2, -0.15) is 0 Å². The van der Waals surface area contributed by atoms with Crippen LogP contribution >= 0.6 is 0 Å². The van der Waals surface area contributed by atoms with Gasteiger partial charge in [0.05, 0.1) is 19.8 Å². The van der Waals surface area contributed by atoms with Crippen molar-refractivity contribution in [2.45, 2.75) is 50.1 Å². The third-order valence-corrected chi connectivity index (χ3v) is 4.92. The van der Waals surface area contributed by atoms with Crippen molar-refractivity contribution in [3.63, 3.8) is 0 Å². The smallest absolute Gasteiger partial charge is 0.313 e. The summed E-state index contributed by atoms with van der Waals surface area (Å²) in [6.45, 7) is 5.69. The van der Waals surface area contributed by atoms with E-state index in [-0.39, 0.29) is 19.1 Å². The number of benzene rings is 1. The molecule has 1 spiro atoms.